The van der Waals surface area contributed by atoms with Crippen molar-refractivity contribution >= 4 is 29.0 Å². The van der Waals surface area contributed by atoms with Crippen LogP contribution in [-0.4, -0.2) is 44.9 Å². The lowest BCUT2D eigenvalue weighted by Crippen LogP contribution is -2.48. The Hall–Kier alpha value is -0.820. The third-order valence-corrected chi connectivity index (χ3v) is 5.46. The maximum absolute atomic E-state index is 12.4. The molecule has 2 rings (SSSR count). The second-order valence-corrected chi connectivity index (χ2v) is 7.88. The number of carbonyl (C=O) groups excluding carboxylic acids is 1. The standard InChI is InChI=1S/C14H23N3O2S2/c1-9(2)19-13-15-16-14(21-13)20-8-12(18)17-10(3)6-5-7-11(17)4/h9-11H,5-8H2,1-4H3/t10-,11+. The molecule has 21 heavy (non-hydrogen) atoms. The number of aromatic nitrogens is 2. The van der Waals surface area contributed by atoms with Crippen molar-refractivity contribution in [2.45, 2.75) is 69.5 Å². The predicted octanol–water partition coefficient (Wildman–Crippen LogP) is 3.21. The number of thioether (sulfide) groups is 1. The molecule has 0 aliphatic carbocycles. The van der Waals surface area contributed by atoms with Crippen molar-refractivity contribution in [3.05, 3.63) is 0 Å². The highest BCUT2D eigenvalue weighted by Gasteiger charge is 2.28. The molecule has 0 spiro atoms. The quantitative estimate of drug-likeness (QED) is 0.777. The lowest BCUT2D eigenvalue weighted by molar-refractivity contribution is -0.134. The number of rotatable bonds is 5. The second-order valence-electron chi connectivity index (χ2n) is 5.72. The Bertz CT molecular complexity index is 469. The molecule has 0 aromatic carbocycles. The van der Waals surface area contributed by atoms with Gasteiger partial charge in [0.15, 0.2) is 4.34 Å². The minimum absolute atomic E-state index is 0.0903. The Morgan fingerprint density at radius 3 is 2.67 bits per heavy atom. The summed E-state index contributed by atoms with van der Waals surface area (Å²) in [6, 6.07) is 0.687. The van der Waals surface area contributed by atoms with E-state index in [2.05, 4.69) is 24.0 Å². The molecule has 1 aromatic heterocycles. The molecule has 2 heterocycles. The van der Waals surface area contributed by atoms with Crippen molar-refractivity contribution in [2.24, 2.45) is 0 Å². The molecule has 1 amide bonds. The third kappa shape index (κ3) is 4.57. The van der Waals surface area contributed by atoms with Crippen molar-refractivity contribution in [3.63, 3.8) is 0 Å². The van der Waals surface area contributed by atoms with Crippen molar-refractivity contribution in [1.82, 2.24) is 15.1 Å². The van der Waals surface area contributed by atoms with E-state index in [4.69, 9.17) is 4.74 Å². The van der Waals surface area contributed by atoms with Crippen LogP contribution in [0.15, 0.2) is 4.34 Å². The van der Waals surface area contributed by atoms with Crippen LogP contribution in [0.1, 0.15) is 47.0 Å². The summed E-state index contributed by atoms with van der Waals surface area (Å²) in [7, 11) is 0. The van der Waals surface area contributed by atoms with Gasteiger partial charge >= 0.3 is 0 Å². The van der Waals surface area contributed by atoms with Crippen LogP contribution >= 0.6 is 23.1 Å². The van der Waals surface area contributed by atoms with Gasteiger partial charge in [0.1, 0.15) is 0 Å². The van der Waals surface area contributed by atoms with E-state index < -0.39 is 0 Å². The number of carbonyl (C=O) groups is 1. The minimum atomic E-state index is 0.0903. The SMILES string of the molecule is CC(C)Oc1nnc(SCC(=O)N2[C@H](C)CCC[C@@H]2C)s1. The zero-order chi connectivity index (χ0) is 15.4. The van der Waals surface area contributed by atoms with Crippen molar-refractivity contribution in [1.29, 1.82) is 0 Å². The molecule has 1 aliphatic heterocycles. The van der Waals surface area contributed by atoms with Gasteiger partial charge in [-0.05, 0) is 58.3 Å². The van der Waals surface area contributed by atoms with E-state index in [-0.39, 0.29) is 12.0 Å². The Balaban J connectivity index is 1.87. The van der Waals surface area contributed by atoms with E-state index in [1.807, 2.05) is 18.7 Å². The van der Waals surface area contributed by atoms with Crippen LogP contribution in [0, 0.1) is 0 Å². The van der Waals surface area contributed by atoms with Gasteiger partial charge in [0.2, 0.25) is 5.91 Å². The normalized spacial score (nSPS) is 22.6. The summed E-state index contributed by atoms with van der Waals surface area (Å²) in [6.07, 6.45) is 3.51. The molecule has 1 fully saturated rings. The van der Waals surface area contributed by atoms with E-state index in [1.54, 1.807) is 0 Å². The minimum Gasteiger partial charge on any atom is -0.466 e. The van der Waals surface area contributed by atoms with Crippen LogP contribution in [0.25, 0.3) is 0 Å². The summed E-state index contributed by atoms with van der Waals surface area (Å²) in [6.45, 7) is 8.18. The third-order valence-electron chi connectivity index (χ3n) is 3.53. The molecule has 1 aliphatic rings. The summed E-state index contributed by atoms with van der Waals surface area (Å²) in [5.41, 5.74) is 0. The van der Waals surface area contributed by atoms with Gasteiger partial charge in [0.05, 0.1) is 11.9 Å². The molecule has 7 heteroatoms. The van der Waals surface area contributed by atoms with Gasteiger partial charge in [0, 0.05) is 12.1 Å². The summed E-state index contributed by atoms with van der Waals surface area (Å²) in [5, 5.41) is 8.61. The van der Waals surface area contributed by atoms with E-state index in [0.717, 1.165) is 17.2 Å². The number of ether oxygens (including phenoxy) is 1. The van der Waals surface area contributed by atoms with E-state index in [0.29, 0.717) is 23.0 Å². The maximum atomic E-state index is 12.4. The first kappa shape index (κ1) is 16.5. The number of likely N-dealkylation sites (tertiary alicyclic amines) is 1. The first-order valence-electron chi connectivity index (χ1n) is 7.41. The van der Waals surface area contributed by atoms with Crippen molar-refractivity contribution < 1.29 is 9.53 Å². The molecule has 1 saturated heterocycles. The Kier molecular flexibility index (Phi) is 5.87. The van der Waals surface area contributed by atoms with Gasteiger partial charge in [-0.25, -0.2) is 0 Å². The molecule has 118 valence electrons. The van der Waals surface area contributed by atoms with Crippen LogP contribution < -0.4 is 4.74 Å². The highest BCUT2D eigenvalue weighted by molar-refractivity contribution is 8.01. The van der Waals surface area contributed by atoms with E-state index >= 15 is 0 Å². The smallest absolute Gasteiger partial charge is 0.295 e. The molecular weight excluding hydrogens is 306 g/mol. The van der Waals surface area contributed by atoms with Gasteiger partial charge < -0.3 is 9.64 Å². The Labute approximate surface area is 134 Å². The Morgan fingerprint density at radius 1 is 1.38 bits per heavy atom. The highest BCUT2D eigenvalue weighted by Crippen LogP contribution is 2.29. The topological polar surface area (TPSA) is 55.3 Å². The fraction of sp³-hybridized carbons (Fsp3) is 0.786. The first-order chi connectivity index (χ1) is 9.97. The molecular formula is C14H23N3O2S2. The average Bonchev–Trinajstić information content (AvgIpc) is 2.83. The molecule has 0 saturated carbocycles. The van der Waals surface area contributed by atoms with Gasteiger partial charge in [-0.3, -0.25) is 4.79 Å². The number of hydrogen-bond acceptors (Lipinski definition) is 6. The zero-order valence-corrected chi connectivity index (χ0v) is 14.7. The summed E-state index contributed by atoms with van der Waals surface area (Å²) in [5.74, 6) is 0.617. The zero-order valence-electron chi connectivity index (χ0n) is 13.0. The summed E-state index contributed by atoms with van der Waals surface area (Å²) in [4.78, 5) is 14.4. The monoisotopic (exact) mass is 329 g/mol. The van der Waals surface area contributed by atoms with E-state index in [1.165, 1.54) is 29.5 Å². The predicted molar refractivity (Wildman–Crippen MR) is 86.0 cm³/mol. The van der Waals surface area contributed by atoms with Crippen LogP contribution in [0.5, 0.6) is 5.19 Å². The molecule has 0 unspecified atom stereocenters. The molecule has 5 nitrogen and oxygen atoms in total. The first-order valence-corrected chi connectivity index (χ1v) is 9.21. The van der Waals surface area contributed by atoms with Crippen molar-refractivity contribution in [2.75, 3.05) is 5.75 Å². The van der Waals surface area contributed by atoms with Crippen LogP contribution in [-0.2, 0) is 4.79 Å². The lowest BCUT2D eigenvalue weighted by Gasteiger charge is -2.39. The number of nitrogens with zero attached hydrogens (tertiary/aromatic N) is 3. The number of amides is 1. The van der Waals surface area contributed by atoms with Crippen LogP contribution in [0.4, 0.5) is 0 Å². The van der Waals surface area contributed by atoms with Crippen LogP contribution in [0.3, 0.4) is 0 Å². The van der Waals surface area contributed by atoms with Crippen LogP contribution in [0.2, 0.25) is 0 Å². The molecule has 2 atom stereocenters. The molecule has 0 N–H and O–H groups in total. The average molecular weight is 329 g/mol. The highest BCUT2D eigenvalue weighted by atomic mass is 32.2. The fourth-order valence-corrected chi connectivity index (χ4v) is 4.29. The van der Waals surface area contributed by atoms with Gasteiger partial charge in [0.25, 0.3) is 5.19 Å². The second kappa shape index (κ2) is 7.45. The number of piperidine rings is 1. The van der Waals surface area contributed by atoms with Gasteiger partial charge in [-0.1, -0.05) is 16.9 Å². The fourth-order valence-electron chi connectivity index (χ4n) is 2.62. The van der Waals surface area contributed by atoms with Crippen molar-refractivity contribution in [3.8, 4) is 5.19 Å². The summed E-state index contributed by atoms with van der Waals surface area (Å²) < 4.78 is 6.28. The van der Waals surface area contributed by atoms with E-state index in [9.17, 15) is 4.79 Å². The lowest BCUT2D eigenvalue weighted by atomic mass is 9.98. The number of hydrogen-bond donors (Lipinski definition) is 0. The maximum Gasteiger partial charge on any atom is 0.295 e. The molecule has 1 aromatic rings. The van der Waals surface area contributed by atoms with Gasteiger partial charge in [-0.2, -0.15) is 0 Å². The van der Waals surface area contributed by atoms with Gasteiger partial charge in [-0.15, -0.1) is 5.10 Å². The summed E-state index contributed by atoms with van der Waals surface area (Å²) >= 11 is 2.85. The largest absolute Gasteiger partial charge is 0.466 e. The molecule has 0 bridgehead atoms. The Morgan fingerprint density at radius 2 is 2.05 bits per heavy atom. The molecule has 0 radical (unpaired) electrons.